The quantitative estimate of drug-likeness (QED) is 0.169. The van der Waals surface area contributed by atoms with Crippen molar-refractivity contribution >= 4 is 21.7 Å². The molecule has 24 heavy (non-hydrogen) atoms. The molecular weight excluding hydrogens is 360 g/mol. The van der Waals surface area contributed by atoms with Crippen molar-refractivity contribution in [3.63, 3.8) is 0 Å². The molecule has 0 aliphatic heterocycles. The molecule has 1 rings (SSSR count). The third-order valence-corrected chi connectivity index (χ3v) is 5.53. The molecule has 0 aliphatic carbocycles. The lowest BCUT2D eigenvalue weighted by atomic mass is 10.0. The Hall–Kier alpha value is -0.630. The minimum absolute atomic E-state index is 0.0250. The Bertz CT molecular complexity index is 415. The van der Waals surface area contributed by atoms with E-state index in [0.717, 1.165) is 18.4 Å². The molecule has 0 aromatic heterocycles. The Morgan fingerprint density at radius 2 is 1.25 bits per heavy atom. The SMILES string of the molecule is CCCCCCCCCCCCCC[C@@H](Br)C(=O)c1ccccc1. The van der Waals surface area contributed by atoms with E-state index < -0.39 is 0 Å². The second kappa shape index (κ2) is 14.7. The van der Waals surface area contributed by atoms with E-state index in [9.17, 15) is 4.79 Å². The Labute approximate surface area is 157 Å². The first-order valence-electron chi connectivity index (χ1n) is 9.99. The van der Waals surface area contributed by atoms with E-state index in [0.29, 0.717) is 0 Å². The molecule has 0 unspecified atom stereocenters. The van der Waals surface area contributed by atoms with Gasteiger partial charge in [0, 0.05) is 5.56 Å². The first-order valence-corrected chi connectivity index (χ1v) is 10.9. The van der Waals surface area contributed by atoms with Crippen molar-refractivity contribution in [1.82, 2.24) is 0 Å². The summed E-state index contributed by atoms with van der Waals surface area (Å²) < 4.78 is 0. The van der Waals surface area contributed by atoms with E-state index in [-0.39, 0.29) is 10.6 Å². The van der Waals surface area contributed by atoms with Crippen LogP contribution in [0, 0.1) is 0 Å². The van der Waals surface area contributed by atoms with Crippen LogP contribution in [-0.4, -0.2) is 10.6 Å². The molecular formula is C22H35BrO. The second-order valence-corrected chi connectivity index (χ2v) is 7.98. The summed E-state index contributed by atoms with van der Waals surface area (Å²) in [6.07, 6.45) is 17.2. The van der Waals surface area contributed by atoms with Crippen molar-refractivity contribution in [2.24, 2.45) is 0 Å². The molecule has 0 saturated heterocycles. The van der Waals surface area contributed by atoms with E-state index in [1.807, 2.05) is 30.3 Å². The largest absolute Gasteiger partial charge is 0.293 e. The first-order chi connectivity index (χ1) is 11.8. The maximum Gasteiger partial charge on any atom is 0.176 e. The van der Waals surface area contributed by atoms with Gasteiger partial charge in [-0.1, -0.05) is 130 Å². The van der Waals surface area contributed by atoms with Gasteiger partial charge in [0.1, 0.15) is 0 Å². The molecule has 0 heterocycles. The van der Waals surface area contributed by atoms with Crippen LogP contribution in [0.25, 0.3) is 0 Å². The molecule has 136 valence electrons. The Morgan fingerprint density at radius 3 is 1.75 bits per heavy atom. The zero-order chi connectivity index (χ0) is 17.5. The van der Waals surface area contributed by atoms with Crippen molar-refractivity contribution in [3.8, 4) is 0 Å². The molecule has 0 spiro atoms. The fourth-order valence-corrected chi connectivity index (χ4v) is 3.67. The van der Waals surface area contributed by atoms with Gasteiger partial charge < -0.3 is 0 Å². The number of hydrogen-bond acceptors (Lipinski definition) is 1. The van der Waals surface area contributed by atoms with Crippen molar-refractivity contribution in [3.05, 3.63) is 35.9 Å². The number of carbonyl (C=O) groups is 1. The summed E-state index contributed by atoms with van der Waals surface area (Å²) >= 11 is 3.56. The number of rotatable bonds is 15. The Morgan fingerprint density at radius 1 is 0.792 bits per heavy atom. The third kappa shape index (κ3) is 10.3. The standard InChI is InChI=1S/C22H35BrO/c1-2-3-4-5-6-7-8-9-10-11-12-16-19-21(23)22(24)20-17-14-13-15-18-20/h13-15,17-18,21H,2-12,16,19H2,1H3/t21-/m1/s1. The average molecular weight is 395 g/mol. The van der Waals surface area contributed by atoms with Gasteiger partial charge in [-0.2, -0.15) is 0 Å². The zero-order valence-electron chi connectivity index (χ0n) is 15.4. The van der Waals surface area contributed by atoms with Crippen LogP contribution < -0.4 is 0 Å². The van der Waals surface area contributed by atoms with Gasteiger partial charge in [0.05, 0.1) is 4.83 Å². The highest BCUT2D eigenvalue weighted by atomic mass is 79.9. The minimum atomic E-state index is -0.0250. The number of unbranched alkanes of at least 4 members (excludes halogenated alkanes) is 11. The van der Waals surface area contributed by atoms with Gasteiger partial charge in [0.15, 0.2) is 5.78 Å². The normalized spacial score (nSPS) is 12.2. The predicted molar refractivity (Wildman–Crippen MR) is 109 cm³/mol. The number of carbonyl (C=O) groups excluding carboxylic acids is 1. The molecule has 0 amide bonds. The fourth-order valence-electron chi connectivity index (χ4n) is 3.08. The van der Waals surface area contributed by atoms with Crippen molar-refractivity contribution in [2.75, 3.05) is 0 Å². The molecule has 1 atom stereocenters. The lowest BCUT2D eigenvalue weighted by Crippen LogP contribution is -2.13. The van der Waals surface area contributed by atoms with Crippen LogP contribution in [-0.2, 0) is 0 Å². The van der Waals surface area contributed by atoms with Gasteiger partial charge >= 0.3 is 0 Å². The van der Waals surface area contributed by atoms with Crippen molar-refractivity contribution in [1.29, 1.82) is 0 Å². The Balaban J connectivity index is 1.92. The van der Waals surface area contributed by atoms with E-state index in [4.69, 9.17) is 0 Å². The molecule has 0 aliphatic rings. The summed E-state index contributed by atoms with van der Waals surface area (Å²) in [6, 6.07) is 9.61. The van der Waals surface area contributed by atoms with E-state index >= 15 is 0 Å². The maximum absolute atomic E-state index is 12.2. The van der Waals surface area contributed by atoms with Crippen LogP contribution in [0.1, 0.15) is 101 Å². The molecule has 1 aromatic rings. The summed E-state index contributed by atoms with van der Waals surface area (Å²) in [7, 11) is 0. The summed E-state index contributed by atoms with van der Waals surface area (Å²) in [4.78, 5) is 12.2. The Kier molecular flexibility index (Phi) is 13.1. The van der Waals surface area contributed by atoms with E-state index in [1.165, 1.54) is 70.6 Å². The molecule has 1 aromatic carbocycles. The highest BCUT2D eigenvalue weighted by molar-refractivity contribution is 9.10. The number of ketones is 1. The van der Waals surface area contributed by atoms with Gasteiger partial charge in [0.2, 0.25) is 0 Å². The average Bonchev–Trinajstić information content (AvgIpc) is 2.62. The molecule has 1 nitrogen and oxygen atoms in total. The summed E-state index contributed by atoms with van der Waals surface area (Å²) in [6.45, 7) is 2.27. The molecule has 0 bridgehead atoms. The van der Waals surface area contributed by atoms with Gasteiger partial charge in [-0.3, -0.25) is 4.79 Å². The predicted octanol–water partition coefficient (Wildman–Crippen LogP) is 7.72. The number of alkyl halides is 1. The summed E-state index contributed by atoms with van der Waals surface area (Å²) in [5.41, 5.74) is 0.818. The van der Waals surface area contributed by atoms with Crippen molar-refractivity contribution in [2.45, 2.75) is 95.2 Å². The van der Waals surface area contributed by atoms with E-state index in [1.54, 1.807) is 0 Å². The van der Waals surface area contributed by atoms with Gasteiger partial charge in [-0.15, -0.1) is 0 Å². The topological polar surface area (TPSA) is 17.1 Å². The number of hydrogen-bond donors (Lipinski definition) is 0. The van der Waals surface area contributed by atoms with Gasteiger partial charge in [-0.25, -0.2) is 0 Å². The number of Topliss-reactive ketones (excluding diaryl/α,β-unsaturated/α-hetero) is 1. The number of halogens is 1. The lowest BCUT2D eigenvalue weighted by Gasteiger charge is -2.09. The third-order valence-electron chi connectivity index (χ3n) is 4.65. The summed E-state index contributed by atoms with van der Waals surface area (Å²) in [5, 5.41) is 0. The van der Waals surface area contributed by atoms with Crippen LogP contribution in [0.15, 0.2) is 30.3 Å². The molecule has 0 N–H and O–H groups in total. The van der Waals surface area contributed by atoms with Crippen LogP contribution in [0.4, 0.5) is 0 Å². The molecule has 0 radical (unpaired) electrons. The number of benzene rings is 1. The zero-order valence-corrected chi connectivity index (χ0v) is 17.0. The second-order valence-electron chi connectivity index (χ2n) is 6.88. The molecule has 0 saturated carbocycles. The lowest BCUT2D eigenvalue weighted by molar-refractivity contribution is 0.0988. The van der Waals surface area contributed by atoms with Crippen LogP contribution >= 0.6 is 15.9 Å². The van der Waals surface area contributed by atoms with Gasteiger partial charge in [-0.05, 0) is 6.42 Å². The maximum atomic E-state index is 12.2. The minimum Gasteiger partial charge on any atom is -0.293 e. The molecule has 2 heteroatoms. The fraction of sp³-hybridized carbons (Fsp3) is 0.682. The highest BCUT2D eigenvalue weighted by Crippen LogP contribution is 2.18. The van der Waals surface area contributed by atoms with Crippen LogP contribution in [0.2, 0.25) is 0 Å². The monoisotopic (exact) mass is 394 g/mol. The first kappa shape index (κ1) is 21.4. The van der Waals surface area contributed by atoms with Crippen molar-refractivity contribution < 1.29 is 4.79 Å². The van der Waals surface area contributed by atoms with Gasteiger partial charge in [0.25, 0.3) is 0 Å². The van der Waals surface area contributed by atoms with E-state index in [2.05, 4.69) is 22.9 Å². The highest BCUT2D eigenvalue weighted by Gasteiger charge is 2.15. The van der Waals surface area contributed by atoms with Crippen LogP contribution in [0.5, 0.6) is 0 Å². The molecule has 0 fully saturated rings. The summed E-state index contributed by atoms with van der Waals surface area (Å²) in [5.74, 6) is 0.221. The smallest absolute Gasteiger partial charge is 0.176 e. The van der Waals surface area contributed by atoms with Crippen LogP contribution in [0.3, 0.4) is 0 Å².